The minimum atomic E-state index is -0.374. The SMILES string of the molecule is C#CC(CC(=O)OCc1ccccc1)c1ccc(OCc2ccc(OC/C(=N\OC)c3ccccc3)cc2)cc1. The van der Waals surface area contributed by atoms with Gasteiger partial charge in [-0.05, 0) is 41.0 Å². The fraction of sp³-hybridized carbons (Fsp3) is 0.176. The third kappa shape index (κ3) is 8.50. The molecule has 40 heavy (non-hydrogen) atoms. The fourth-order valence-electron chi connectivity index (χ4n) is 3.94. The van der Waals surface area contributed by atoms with Crippen molar-refractivity contribution < 1.29 is 23.8 Å². The van der Waals surface area contributed by atoms with Gasteiger partial charge in [-0.2, -0.15) is 0 Å². The Morgan fingerprint density at radius 2 is 1.38 bits per heavy atom. The summed E-state index contributed by atoms with van der Waals surface area (Å²) in [6.07, 6.45) is 5.83. The van der Waals surface area contributed by atoms with E-state index in [9.17, 15) is 4.79 Å². The van der Waals surface area contributed by atoms with Gasteiger partial charge in [-0.15, -0.1) is 6.42 Å². The first kappa shape index (κ1) is 28.0. The maximum absolute atomic E-state index is 12.3. The number of carbonyl (C=O) groups excluding carboxylic acids is 1. The van der Waals surface area contributed by atoms with Crippen LogP contribution in [-0.2, 0) is 27.6 Å². The lowest BCUT2D eigenvalue weighted by molar-refractivity contribution is -0.145. The lowest BCUT2D eigenvalue weighted by Crippen LogP contribution is -2.13. The number of hydrogen-bond acceptors (Lipinski definition) is 6. The van der Waals surface area contributed by atoms with Crippen molar-refractivity contribution in [2.75, 3.05) is 13.7 Å². The van der Waals surface area contributed by atoms with E-state index in [0.29, 0.717) is 18.1 Å². The molecule has 0 aliphatic carbocycles. The van der Waals surface area contributed by atoms with E-state index in [1.807, 2.05) is 109 Å². The molecule has 0 saturated carbocycles. The van der Waals surface area contributed by atoms with Crippen LogP contribution < -0.4 is 9.47 Å². The quantitative estimate of drug-likeness (QED) is 0.0844. The second-order valence-electron chi connectivity index (χ2n) is 8.95. The van der Waals surface area contributed by atoms with Crippen molar-refractivity contribution in [2.24, 2.45) is 5.16 Å². The Hall–Kier alpha value is -5.02. The van der Waals surface area contributed by atoms with Crippen molar-refractivity contribution in [1.82, 2.24) is 0 Å². The summed E-state index contributed by atoms with van der Waals surface area (Å²) in [5, 5.41) is 4.08. The summed E-state index contributed by atoms with van der Waals surface area (Å²) < 4.78 is 17.2. The Labute approximate surface area is 235 Å². The van der Waals surface area contributed by atoms with Gasteiger partial charge in [0.1, 0.15) is 44.1 Å². The second-order valence-corrected chi connectivity index (χ2v) is 8.95. The monoisotopic (exact) mass is 533 g/mol. The summed E-state index contributed by atoms with van der Waals surface area (Å²) >= 11 is 0. The van der Waals surface area contributed by atoms with Crippen molar-refractivity contribution >= 4 is 11.7 Å². The molecule has 202 valence electrons. The number of esters is 1. The third-order valence-electron chi connectivity index (χ3n) is 6.11. The minimum Gasteiger partial charge on any atom is -0.489 e. The number of carbonyl (C=O) groups is 1. The first-order chi connectivity index (χ1) is 19.6. The molecule has 0 saturated heterocycles. The Morgan fingerprint density at radius 3 is 2.02 bits per heavy atom. The predicted molar refractivity (Wildman–Crippen MR) is 155 cm³/mol. The molecule has 0 aliphatic heterocycles. The van der Waals surface area contributed by atoms with Gasteiger partial charge in [-0.25, -0.2) is 0 Å². The van der Waals surface area contributed by atoms with E-state index in [-0.39, 0.29) is 31.5 Å². The van der Waals surface area contributed by atoms with Crippen LogP contribution in [0.1, 0.15) is 34.6 Å². The number of nitrogens with zero attached hydrogens (tertiary/aromatic N) is 1. The first-order valence-corrected chi connectivity index (χ1v) is 12.9. The van der Waals surface area contributed by atoms with Crippen LogP contribution in [0.15, 0.2) is 114 Å². The highest BCUT2D eigenvalue weighted by Gasteiger charge is 2.15. The summed E-state index contributed by atoms with van der Waals surface area (Å²) in [6, 6.07) is 34.5. The van der Waals surface area contributed by atoms with Crippen molar-refractivity contribution in [3.05, 3.63) is 131 Å². The van der Waals surface area contributed by atoms with E-state index >= 15 is 0 Å². The molecule has 0 N–H and O–H groups in total. The Balaban J connectivity index is 1.24. The molecule has 6 heteroatoms. The fourth-order valence-corrected chi connectivity index (χ4v) is 3.94. The predicted octanol–water partition coefficient (Wildman–Crippen LogP) is 6.55. The van der Waals surface area contributed by atoms with E-state index in [1.165, 1.54) is 7.11 Å². The van der Waals surface area contributed by atoms with Gasteiger partial charge < -0.3 is 19.0 Å². The van der Waals surface area contributed by atoms with Gasteiger partial charge in [0.25, 0.3) is 0 Å². The standard InChI is InChI=1S/C34H31NO5/c1-3-28(22-34(36)40-24-26-10-6-4-7-11-26)29-16-20-32(21-17-29)38-23-27-14-18-31(19-15-27)39-25-33(35-37-2)30-12-8-5-9-13-30/h1,4-21,28H,22-25H2,2H3/b35-33+. The molecule has 0 fully saturated rings. The smallest absolute Gasteiger partial charge is 0.307 e. The number of ether oxygens (including phenoxy) is 3. The van der Waals surface area contributed by atoms with Crippen LogP contribution in [0, 0.1) is 12.3 Å². The maximum atomic E-state index is 12.3. The molecule has 0 heterocycles. The average molecular weight is 534 g/mol. The van der Waals surface area contributed by atoms with Crippen LogP contribution in [0.5, 0.6) is 11.5 Å². The van der Waals surface area contributed by atoms with Gasteiger partial charge in [-0.1, -0.05) is 96.0 Å². The molecular weight excluding hydrogens is 502 g/mol. The molecule has 4 aromatic rings. The zero-order chi connectivity index (χ0) is 28.0. The molecule has 0 aliphatic rings. The molecule has 6 nitrogen and oxygen atoms in total. The number of terminal acetylenes is 1. The lowest BCUT2D eigenvalue weighted by Gasteiger charge is -2.13. The molecule has 0 radical (unpaired) electrons. The van der Waals surface area contributed by atoms with E-state index in [2.05, 4.69) is 11.1 Å². The van der Waals surface area contributed by atoms with Crippen molar-refractivity contribution in [2.45, 2.75) is 25.6 Å². The molecule has 0 aromatic heterocycles. The van der Waals surface area contributed by atoms with Gasteiger partial charge in [0, 0.05) is 5.56 Å². The van der Waals surface area contributed by atoms with Gasteiger partial charge in [0.15, 0.2) is 0 Å². The molecule has 0 amide bonds. The average Bonchev–Trinajstić information content (AvgIpc) is 3.01. The molecule has 0 spiro atoms. The highest BCUT2D eigenvalue weighted by Crippen LogP contribution is 2.23. The zero-order valence-corrected chi connectivity index (χ0v) is 22.4. The second kappa shape index (κ2) is 14.8. The topological polar surface area (TPSA) is 66.4 Å². The molecule has 0 bridgehead atoms. The highest BCUT2D eigenvalue weighted by atomic mass is 16.6. The minimum absolute atomic E-state index is 0.113. The molecular formula is C34H31NO5. The number of benzene rings is 4. The lowest BCUT2D eigenvalue weighted by atomic mass is 9.96. The van der Waals surface area contributed by atoms with Crippen LogP contribution >= 0.6 is 0 Å². The summed E-state index contributed by atoms with van der Waals surface area (Å²) in [4.78, 5) is 17.3. The van der Waals surface area contributed by atoms with Gasteiger partial charge in [-0.3, -0.25) is 4.79 Å². The third-order valence-corrected chi connectivity index (χ3v) is 6.11. The molecule has 4 aromatic carbocycles. The molecule has 4 rings (SSSR count). The number of oxime groups is 1. The highest BCUT2D eigenvalue weighted by molar-refractivity contribution is 6.01. The van der Waals surface area contributed by atoms with Crippen LogP contribution in [0.25, 0.3) is 0 Å². The summed E-state index contributed by atoms with van der Waals surface area (Å²) in [6.45, 7) is 0.904. The van der Waals surface area contributed by atoms with Crippen LogP contribution in [-0.4, -0.2) is 25.4 Å². The Kier molecular flexibility index (Phi) is 10.4. The van der Waals surface area contributed by atoms with Crippen molar-refractivity contribution in [3.63, 3.8) is 0 Å². The summed E-state index contributed by atoms with van der Waals surface area (Å²) in [5.74, 6) is 3.41. The van der Waals surface area contributed by atoms with Crippen molar-refractivity contribution in [3.8, 4) is 23.8 Å². The molecule has 1 unspecified atom stereocenters. The van der Waals surface area contributed by atoms with E-state index in [0.717, 1.165) is 28.0 Å². The van der Waals surface area contributed by atoms with Crippen molar-refractivity contribution in [1.29, 1.82) is 0 Å². The Bertz CT molecular complexity index is 1410. The van der Waals surface area contributed by atoms with Crippen LogP contribution in [0.2, 0.25) is 0 Å². The van der Waals surface area contributed by atoms with E-state index in [4.69, 9.17) is 25.5 Å². The van der Waals surface area contributed by atoms with Gasteiger partial charge in [0.05, 0.1) is 12.3 Å². The van der Waals surface area contributed by atoms with E-state index < -0.39 is 0 Å². The first-order valence-electron chi connectivity index (χ1n) is 12.9. The number of hydrogen-bond donors (Lipinski definition) is 0. The van der Waals surface area contributed by atoms with Crippen LogP contribution in [0.4, 0.5) is 0 Å². The maximum Gasteiger partial charge on any atom is 0.307 e. The van der Waals surface area contributed by atoms with Crippen LogP contribution in [0.3, 0.4) is 0 Å². The number of rotatable bonds is 13. The van der Waals surface area contributed by atoms with E-state index in [1.54, 1.807) is 0 Å². The Morgan fingerprint density at radius 1 is 0.775 bits per heavy atom. The summed E-state index contributed by atoms with van der Waals surface area (Å²) in [7, 11) is 1.52. The largest absolute Gasteiger partial charge is 0.489 e. The van der Waals surface area contributed by atoms with Gasteiger partial charge in [0.2, 0.25) is 0 Å². The van der Waals surface area contributed by atoms with Gasteiger partial charge >= 0.3 is 5.97 Å². The molecule has 1 atom stereocenters. The summed E-state index contributed by atoms with van der Waals surface area (Å²) in [5.41, 5.74) is 4.44. The zero-order valence-electron chi connectivity index (χ0n) is 22.4. The normalized spacial score (nSPS) is 11.7.